The number of methoxy groups -OCH3 is 2. The molecule has 0 amide bonds. The summed E-state index contributed by atoms with van der Waals surface area (Å²) in [5, 5.41) is 0. The zero-order valence-electron chi connectivity index (χ0n) is 14.5. The molecule has 0 bridgehead atoms. The normalized spacial score (nSPS) is 11.4. The molecule has 3 heteroatoms. The van der Waals surface area contributed by atoms with E-state index in [4.69, 9.17) is 9.47 Å². The first-order chi connectivity index (χ1) is 10.0. The van der Waals surface area contributed by atoms with Crippen LogP contribution in [0.15, 0.2) is 18.2 Å². The van der Waals surface area contributed by atoms with Gasteiger partial charge in [0.1, 0.15) is 0 Å². The quantitative estimate of drug-likeness (QED) is 0.686. The van der Waals surface area contributed by atoms with Gasteiger partial charge < -0.3 is 14.4 Å². The van der Waals surface area contributed by atoms with Gasteiger partial charge in [-0.05, 0) is 29.0 Å². The summed E-state index contributed by atoms with van der Waals surface area (Å²) in [7, 11) is 3.50. The van der Waals surface area contributed by atoms with Crippen LogP contribution < -0.4 is 4.90 Å². The van der Waals surface area contributed by atoms with Crippen LogP contribution in [0, 0.1) is 0 Å². The molecule has 0 aliphatic heterocycles. The Labute approximate surface area is 130 Å². The van der Waals surface area contributed by atoms with Gasteiger partial charge in [-0.1, -0.05) is 39.8 Å². The van der Waals surface area contributed by atoms with E-state index >= 15 is 0 Å². The van der Waals surface area contributed by atoms with Gasteiger partial charge in [-0.3, -0.25) is 0 Å². The Kier molecular flexibility index (Phi) is 7.76. The summed E-state index contributed by atoms with van der Waals surface area (Å²) in [5.74, 6) is 1.06. The molecule has 0 fully saturated rings. The minimum absolute atomic E-state index is 0.506. The number of rotatable bonds is 9. The Hall–Kier alpha value is -1.06. The van der Waals surface area contributed by atoms with Gasteiger partial charge in [0.2, 0.25) is 0 Å². The Bertz CT molecular complexity index is 408. The summed E-state index contributed by atoms with van der Waals surface area (Å²) in [6, 6.07) is 6.87. The Balaban J connectivity index is 3.09. The van der Waals surface area contributed by atoms with E-state index in [2.05, 4.69) is 50.8 Å². The number of nitrogens with zero attached hydrogens (tertiary/aromatic N) is 1. The first-order valence-electron chi connectivity index (χ1n) is 7.87. The lowest BCUT2D eigenvalue weighted by molar-refractivity contribution is 0.190. The Morgan fingerprint density at radius 1 is 0.905 bits per heavy atom. The van der Waals surface area contributed by atoms with E-state index in [1.54, 1.807) is 14.2 Å². The lowest BCUT2D eigenvalue weighted by atomic mass is 9.93. The minimum Gasteiger partial charge on any atom is -0.383 e. The van der Waals surface area contributed by atoms with Gasteiger partial charge in [0.25, 0.3) is 0 Å². The highest BCUT2D eigenvalue weighted by atomic mass is 16.5. The fourth-order valence-corrected chi connectivity index (χ4v) is 2.44. The molecular weight excluding hydrogens is 262 g/mol. The van der Waals surface area contributed by atoms with Gasteiger partial charge in [-0.2, -0.15) is 0 Å². The van der Waals surface area contributed by atoms with Crippen molar-refractivity contribution in [2.75, 3.05) is 45.4 Å². The number of hydrogen-bond acceptors (Lipinski definition) is 3. The number of anilines is 1. The molecule has 120 valence electrons. The zero-order valence-corrected chi connectivity index (χ0v) is 14.5. The molecule has 0 aliphatic carbocycles. The van der Waals surface area contributed by atoms with Crippen molar-refractivity contribution in [2.45, 2.75) is 39.5 Å². The molecule has 0 heterocycles. The summed E-state index contributed by atoms with van der Waals surface area (Å²) in [5.41, 5.74) is 4.12. The molecular formula is C18H31NO2. The molecule has 0 saturated heterocycles. The van der Waals surface area contributed by atoms with Crippen LogP contribution in [-0.2, 0) is 9.47 Å². The van der Waals surface area contributed by atoms with Crippen LogP contribution in [0.4, 0.5) is 5.69 Å². The second-order valence-corrected chi connectivity index (χ2v) is 6.10. The fraction of sp³-hybridized carbons (Fsp3) is 0.667. The van der Waals surface area contributed by atoms with Crippen LogP contribution in [0.25, 0.3) is 0 Å². The van der Waals surface area contributed by atoms with Crippen LogP contribution in [0.2, 0.25) is 0 Å². The molecule has 3 nitrogen and oxygen atoms in total. The second-order valence-electron chi connectivity index (χ2n) is 6.10. The van der Waals surface area contributed by atoms with Crippen molar-refractivity contribution in [3.8, 4) is 0 Å². The average Bonchev–Trinajstić information content (AvgIpc) is 2.46. The molecule has 0 aliphatic rings. The van der Waals surface area contributed by atoms with E-state index in [-0.39, 0.29) is 0 Å². The third-order valence-corrected chi connectivity index (χ3v) is 3.81. The van der Waals surface area contributed by atoms with E-state index in [0.29, 0.717) is 11.8 Å². The van der Waals surface area contributed by atoms with Crippen LogP contribution in [0.3, 0.4) is 0 Å². The van der Waals surface area contributed by atoms with Crippen molar-refractivity contribution in [3.63, 3.8) is 0 Å². The van der Waals surface area contributed by atoms with Crippen molar-refractivity contribution in [1.82, 2.24) is 0 Å². The molecule has 0 radical (unpaired) electrons. The summed E-state index contributed by atoms with van der Waals surface area (Å²) >= 11 is 0. The molecule has 0 unspecified atom stereocenters. The molecule has 21 heavy (non-hydrogen) atoms. The summed E-state index contributed by atoms with van der Waals surface area (Å²) < 4.78 is 10.5. The van der Waals surface area contributed by atoms with Gasteiger partial charge in [-0.25, -0.2) is 0 Å². The summed E-state index contributed by atoms with van der Waals surface area (Å²) in [6.45, 7) is 12.2. The van der Waals surface area contributed by atoms with Crippen molar-refractivity contribution in [2.24, 2.45) is 0 Å². The van der Waals surface area contributed by atoms with Crippen LogP contribution in [0.5, 0.6) is 0 Å². The third-order valence-electron chi connectivity index (χ3n) is 3.81. The van der Waals surface area contributed by atoms with E-state index in [1.807, 2.05) is 0 Å². The molecule has 0 saturated carbocycles. The largest absolute Gasteiger partial charge is 0.383 e. The maximum Gasteiger partial charge on any atom is 0.0637 e. The van der Waals surface area contributed by atoms with Gasteiger partial charge in [0.15, 0.2) is 0 Å². The molecule has 1 aromatic rings. The number of hydrogen-bond donors (Lipinski definition) is 0. The topological polar surface area (TPSA) is 21.7 Å². The van der Waals surface area contributed by atoms with Gasteiger partial charge in [0.05, 0.1) is 13.2 Å². The Morgan fingerprint density at radius 3 is 1.90 bits per heavy atom. The molecule has 0 aromatic heterocycles. The van der Waals surface area contributed by atoms with Gasteiger partial charge in [0, 0.05) is 33.0 Å². The lowest BCUT2D eigenvalue weighted by Crippen LogP contribution is -2.31. The van der Waals surface area contributed by atoms with Crippen LogP contribution in [-0.4, -0.2) is 40.5 Å². The number of ether oxygens (including phenoxy) is 2. The molecule has 1 rings (SSSR count). The van der Waals surface area contributed by atoms with Crippen molar-refractivity contribution < 1.29 is 9.47 Å². The lowest BCUT2D eigenvalue weighted by Gasteiger charge is -2.28. The second kappa shape index (κ2) is 9.06. The van der Waals surface area contributed by atoms with E-state index in [1.165, 1.54) is 16.8 Å². The van der Waals surface area contributed by atoms with Crippen molar-refractivity contribution in [1.29, 1.82) is 0 Å². The monoisotopic (exact) mass is 293 g/mol. The van der Waals surface area contributed by atoms with Gasteiger partial charge in [-0.15, -0.1) is 0 Å². The number of benzene rings is 1. The molecule has 0 atom stereocenters. The highest BCUT2D eigenvalue weighted by molar-refractivity contribution is 5.57. The first kappa shape index (κ1) is 18.0. The van der Waals surface area contributed by atoms with E-state index in [9.17, 15) is 0 Å². The smallest absolute Gasteiger partial charge is 0.0637 e. The predicted molar refractivity (Wildman–Crippen MR) is 90.6 cm³/mol. The van der Waals surface area contributed by atoms with E-state index < -0.39 is 0 Å². The highest BCUT2D eigenvalue weighted by Crippen LogP contribution is 2.31. The summed E-state index contributed by atoms with van der Waals surface area (Å²) in [6.07, 6.45) is 0. The zero-order chi connectivity index (χ0) is 15.8. The summed E-state index contributed by atoms with van der Waals surface area (Å²) in [4.78, 5) is 2.37. The molecule has 1 aromatic carbocycles. The standard InChI is InChI=1S/C18H31NO2/c1-14(2)16-7-8-18(17(13-16)15(3)4)19(9-11-20-5)10-12-21-6/h7-8,13-15H,9-12H2,1-6H3. The SMILES string of the molecule is COCCN(CCOC)c1ccc(C(C)C)cc1C(C)C. The third kappa shape index (κ3) is 5.33. The van der Waals surface area contributed by atoms with Crippen LogP contribution in [0.1, 0.15) is 50.7 Å². The maximum absolute atomic E-state index is 5.25. The molecule has 0 N–H and O–H groups in total. The van der Waals surface area contributed by atoms with Crippen LogP contribution >= 0.6 is 0 Å². The van der Waals surface area contributed by atoms with Crippen molar-refractivity contribution in [3.05, 3.63) is 29.3 Å². The minimum atomic E-state index is 0.506. The van der Waals surface area contributed by atoms with Crippen molar-refractivity contribution >= 4 is 5.69 Å². The molecule has 0 spiro atoms. The van der Waals surface area contributed by atoms with Gasteiger partial charge >= 0.3 is 0 Å². The Morgan fingerprint density at radius 2 is 1.48 bits per heavy atom. The highest BCUT2D eigenvalue weighted by Gasteiger charge is 2.15. The fourth-order valence-electron chi connectivity index (χ4n) is 2.44. The maximum atomic E-state index is 5.25. The average molecular weight is 293 g/mol. The predicted octanol–water partition coefficient (Wildman–Crippen LogP) is 4.03. The van der Waals surface area contributed by atoms with E-state index in [0.717, 1.165) is 26.3 Å². The first-order valence-corrected chi connectivity index (χ1v) is 7.87.